The number of amides is 2. The molecule has 1 fully saturated rings. The molecule has 3 aromatic rings. The molecule has 0 aliphatic carbocycles. The molecule has 0 unspecified atom stereocenters. The van der Waals surface area contributed by atoms with E-state index in [9.17, 15) is 9.59 Å². The quantitative estimate of drug-likeness (QED) is 0.751. The third kappa shape index (κ3) is 3.85. The number of carbonyl (C=O) groups is 2. The lowest BCUT2D eigenvalue weighted by Gasteiger charge is -2.34. The molecule has 1 aliphatic rings. The van der Waals surface area contributed by atoms with Crippen LogP contribution >= 0.6 is 0 Å². The number of hydrogen-bond acceptors (Lipinski definition) is 6. The number of rotatable bonds is 4. The molecule has 28 heavy (non-hydrogen) atoms. The lowest BCUT2D eigenvalue weighted by atomic mass is 10.2. The number of benzene rings is 1. The Bertz CT molecular complexity index is 934. The molecular weight excluding hydrogens is 358 g/mol. The van der Waals surface area contributed by atoms with Crippen molar-refractivity contribution in [3.05, 3.63) is 72.6 Å². The zero-order chi connectivity index (χ0) is 19.3. The third-order valence-electron chi connectivity index (χ3n) is 4.50. The number of hydrogen-bond donors (Lipinski definition) is 1. The van der Waals surface area contributed by atoms with Crippen molar-refractivity contribution >= 4 is 23.3 Å². The number of aromatic nitrogens is 2. The van der Waals surface area contributed by atoms with Crippen LogP contribution in [0.4, 0.5) is 11.5 Å². The van der Waals surface area contributed by atoms with Crippen LogP contribution in [0.15, 0.2) is 65.5 Å². The SMILES string of the molecule is O=C(c1cnc(Nc2ccccc2)cn1)N1CCN(C(=O)c2ccco2)CC1. The average Bonchev–Trinajstić information content (AvgIpc) is 3.29. The number of para-hydroxylation sites is 1. The lowest BCUT2D eigenvalue weighted by Crippen LogP contribution is -2.50. The molecule has 0 spiro atoms. The van der Waals surface area contributed by atoms with E-state index >= 15 is 0 Å². The summed E-state index contributed by atoms with van der Waals surface area (Å²) in [5.74, 6) is 0.529. The Balaban J connectivity index is 1.34. The van der Waals surface area contributed by atoms with Crippen LogP contribution in [0.3, 0.4) is 0 Å². The molecule has 8 nitrogen and oxygen atoms in total. The zero-order valence-corrected chi connectivity index (χ0v) is 15.1. The minimum Gasteiger partial charge on any atom is -0.459 e. The summed E-state index contributed by atoms with van der Waals surface area (Å²) in [7, 11) is 0. The molecule has 3 heterocycles. The van der Waals surface area contributed by atoms with Gasteiger partial charge in [0.25, 0.3) is 11.8 Å². The van der Waals surface area contributed by atoms with Gasteiger partial charge in [-0.25, -0.2) is 9.97 Å². The van der Waals surface area contributed by atoms with Gasteiger partial charge in [-0.1, -0.05) is 18.2 Å². The summed E-state index contributed by atoms with van der Waals surface area (Å²) < 4.78 is 5.15. The number of furan rings is 1. The van der Waals surface area contributed by atoms with E-state index < -0.39 is 0 Å². The first-order valence-corrected chi connectivity index (χ1v) is 8.97. The summed E-state index contributed by atoms with van der Waals surface area (Å²) in [6.07, 6.45) is 4.48. The molecule has 1 saturated heterocycles. The molecule has 0 saturated carbocycles. The van der Waals surface area contributed by atoms with Gasteiger partial charge in [-0.05, 0) is 24.3 Å². The zero-order valence-electron chi connectivity index (χ0n) is 15.1. The highest BCUT2D eigenvalue weighted by atomic mass is 16.3. The average molecular weight is 377 g/mol. The molecule has 8 heteroatoms. The Morgan fingerprint density at radius 3 is 2.18 bits per heavy atom. The summed E-state index contributed by atoms with van der Waals surface area (Å²) >= 11 is 0. The molecule has 1 aliphatic heterocycles. The maximum Gasteiger partial charge on any atom is 0.289 e. The van der Waals surface area contributed by atoms with Crippen LogP contribution in [0.2, 0.25) is 0 Å². The molecule has 2 amide bonds. The summed E-state index contributed by atoms with van der Waals surface area (Å²) in [4.78, 5) is 36.8. The summed E-state index contributed by atoms with van der Waals surface area (Å²) in [5.41, 5.74) is 1.18. The number of nitrogens with zero attached hydrogens (tertiary/aromatic N) is 4. The highest BCUT2D eigenvalue weighted by molar-refractivity contribution is 5.93. The number of piperazine rings is 1. The van der Waals surface area contributed by atoms with Crippen LogP contribution in [0.1, 0.15) is 21.0 Å². The standard InChI is InChI=1S/C20H19N5O3/c26-19(16-13-22-18(14-21-16)23-15-5-2-1-3-6-15)24-8-10-25(11-9-24)20(27)17-7-4-12-28-17/h1-7,12-14H,8-11H2,(H,22,23). The van der Waals surface area contributed by atoms with Gasteiger partial charge >= 0.3 is 0 Å². The van der Waals surface area contributed by atoms with Gasteiger partial charge in [-0.2, -0.15) is 0 Å². The molecule has 2 aromatic heterocycles. The Morgan fingerprint density at radius 1 is 0.857 bits per heavy atom. The lowest BCUT2D eigenvalue weighted by molar-refractivity contribution is 0.0515. The normalized spacial score (nSPS) is 14.0. The predicted molar refractivity (Wildman–Crippen MR) is 102 cm³/mol. The first-order valence-electron chi connectivity index (χ1n) is 8.97. The van der Waals surface area contributed by atoms with E-state index in [0.717, 1.165) is 5.69 Å². The van der Waals surface area contributed by atoms with Gasteiger partial charge < -0.3 is 19.5 Å². The third-order valence-corrected chi connectivity index (χ3v) is 4.50. The summed E-state index contributed by atoms with van der Waals surface area (Å²) in [5, 5.41) is 3.13. The largest absolute Gasteiger partial charge is 0.459 e. The molecule has 0 atom stereocenters. The Labute approximate surface area is 161 Å². The maximum atomic E-state index is 12.7. The highest BCUT2D eigenvalue weighted by Crippen LogP contribution is 2.14. The van der Waals surface area contributed by atoms with Gasteiger partial charge in [-0.3, -0.25) is 9.59 Å². The van der Waals surface area contributed by atoms with Crippen LogP contribution < -0.4 is 5.32 Å². The topological polar surface area (TPSA) is 91.6 Å². The molecule has 0 radical (unpaired) electrons. The number of nitrogens with one attached hydrogen (secondary N) is 1. The van der Waals surface area contributed by atoms with Gasteiger partial charge in [0.05, 0.1) is 18.7 Å². The van der Waals surface area contributed by atoms with E-state index in [4.69, 9.17) is 4.42 Å². The van der Waals surface area contributed by atoms with Gasteiger partial charge in [0.2, 0.25) is 0 Å². The smallest absolute Gasteiger partial charge is 0.289 e. The maximum absolute atomic E-state index is 12.7. The van der Waals surface area contributed by atoms with Crippen LogP contribution in [0.25, 0.3) is 0 Å². The van der Waals surface area contributed by atoms with E-state index in [-0.39, 0.29) is 17.5 Å². The monoisotopic (exact) mass is 377 g/mol. The van der Waals surface area contributed by atoms with Gasteiger partial charge in [-0.15, -0.1) is 0 Å². The van der Waals surface area contributed by atoms with E-state index in [1.54, 1.807) is 21.9 Å². The van der Waals surface area contributed by atoms with Crippen molar-refractivity contribution in [3.63, 3.8) is 0 Å². The van der Waals surface area contributed by atoms with Gasteiger partial charge in [0.15, 0.2) is 5.76 Å². The fraction of sp³-hybridized carbons (Fsp3) is 0.200. The minimum absolute atomic E-state index is 0.159. The molecule has 142 valence electrons. The van der Waals surface area contributed by atoms with Crippen molar-refractivity contribution in [3.8, 4) is 0 Å². The van der Waals surface area contributed by atoms with Crippen LogP contribution in [0.5, 0.6) is 0 Å². The summed E-state index contributed by atoms with van der Waals surface area (Å²) in [6, 6.07) is 12.9. The van der Waals surface area contributed by atoms with Crippen molar-refractivity contribution in [1.82, 2.24) is 19.8 Å². The van der Waals surface area contributed by atoms with Crippen LogP contribution in [-0.2, 0) is 0 Å². The molecule has 0 bridgehead atoms. The molecule has 4 rings (SSSR count). The fourth-order valence-corrected chi connectivity index (χ4v) is 3.00. The van der Waals surface area contributed by atoms with Crippen molar-refractivity contribution in [2.75, 3.05) is 31.5 Å². The Morgan fingerprint density at radius 2 is 1.57 bits per heavy atom. The fourth-order valence-electron chi connectivity index (χ4n) is 3.00. The van der Waals surface area contributed by atoms with Crippen LogP contribution in [-0.4, -0.2) is 57.8 Å². The second kappa shape index (κ2) is 7.91. The minimum atomic E-state index is -0.191. The molecular formula is C20H19N5O3. The van der Waals surface area contributed by atoms with Gasteiger partial charge in [0.1, 0.15) is 11.5 Å². The van der Waals surface area contributed by atoms with Crippen molar-refractivity contribution in [2.24, 2.45) is 0 Å². The highest BCUT2D eigenvalue weighted by Gasteiger charge is 2.27. The van der Waals surface area contributed by atoms with Crippen LogP contribution in [0, 0.1) is 0 Å². The Hall–Kier alpha value is -3.68. The summed E-state index contributed by atoms with van der Waals surface area (Å²) in [6.45, 7) is 1.78. The van der Waals surface area contributed by atoms with E-state index in [1.807, 2.05) is 30.3 Å². The number of carbonyl (C=O) groups excluding carboxylic acids is 2. The van der Waals surface area contributed by atoms with Gasteiger partial charge in [0, 0.05) is 31.9 Å². The molecule has 1 N–H and O–H groups in total. The van der Waals surface area contributed by atoms with E-state index in [1.165, 1.54) is 18.7 Å². The van der Waals surface area contributed by atoms with E-state index in [0.29, 0.717) is 37.8 Å². The van der Waals surface area contributed by atoms with E-state index in [2.05, 4.69) is 15.3 Å². The predicted octanol–water partition coefficient (Wildman–Crippen LogP) is 2.41. The number of anilines is 2. The van der Waals surface area contributed by atoms with Crippen molar-refractivity contribution in [2.45, 2.75) is 0 Å². The first-order chi connectivity index (χ1) is 13.7. The van der Waals surface area contributed by atoms with Crippen molar-refractivity contribution < 1.29 is 14.0 Å². The second-order valence-corrected chi connectivity index (χ2v) is 6.34. The second-order valence-electron chi connectivity index (χ2n) is 6.34. The Kier molecular flexibility index (Phi) is 5.01. The first kappa shape index (κ1) is 17.7. The molecule has 1 aromatic carbocycles. The van der Waals surface area contributed by atoms with Crippen molar-refractivity contribution in [1.29, 1.82) is 0 Å².